The van der Waals surface area contributed by atoms with Crippen LogP contribution in [-0.2, 0) is 0 Å². The molecule has 0 unspecified atom stereocenters. The van der Waals surface area contributed by atoms with Crippen LogP contribution in [0.2, 0.25) is 0 Å². The van der Waals surface area contributed by atoms with Gasteiger partial charge in [0.1, 0.15) is 11.5 Å². The lowest BCUT2D eigenvalue weighted by Gasteiger charge is -2.10. The van der Waals surface area contributed by atoms with Crippen LogP contribution in [0.4, 0.5) is 0 Å². The van der Waals surface area contributed by atoms with Gasteiger partial charge in [0.2, 0.25) is 0 Å². The zero-order valence-electron chi connectivity index (χ0n) is 12.8. The van der Waals surface area contributed by atoms with Crippen LogP contribution in [0.25, 0.3) is 0 Å². The first-order valence-corrected chi connectivity index (χ1v) is 7.01. The summed E-state index contributed by atoms with van der Waals surface area (Å²) in [7, 11) is 3.30. The first kappa shape index (κ1) is 16.0. The SMILES string of the molecule is CCCC#Cc1c(OC)ccc(OC)c1C#CCCC. The molecule has 0 aliphatic carbocycles. The standard InChI is InChI=1S/C18H22O2/c1-5-7-9-11-15-16(12-10-8-6-2)18(20-4)14-13-17(15)19-3/h13-14H,5-8H2,1-4H3. The first-order chi connectivity index (χ1) is 9.78. The van der Waals surface area contributed by atoms with Crippen LogP contribution in [0.1, 0.15) is 50.7 Å². The van der Waals surface area contributed by atoms with Crippen LogP contribution in [0, 0.1) is 23.7 Å². The van der Waals surface area contributed by atoms with E-state index < -0.39 is 0 Å². The van der Waals surface area contributed by atoms with Crippen molar-refractivity contribution in [3.63, 3.8) is 0 Å². The zero-order chi connectivity index (χ0) is 14.8. The van der Waals surface area contributed by atoms with Crippen molar-refractivity contribution in [3.05, 3.63) is 23.3 Å². The third-order valence-corrected chi connectivity index (χ3v) is 2.75. The van der Waals surface area contributed by atoms with Crippen molar-refractivity contribution >= 4 is 0 Å². The topological polar surface area (TPSA) is 18.5 Å². The highest BCUT2D eigenvalue weighted by molar-refractivity contribution is 5.63. The van der Waals surface area contributed by atoms with Crippen LogP contribution in [0.15, 0.2) is 12.1 Å². The van der Waals surface area contributed by atoms with Crippen molar-refractivity contribution in [2.45, 2.75) is 39.5 Å². The zero-order valence-corrected chi connectivity index (χ0v) is 12.8. The van der Waals surface area contributed by atoms with E-state index in [1.807, 2.05) is 12.1 Å². The minimum Gasteiger partial charge on any atom is -0.495 e. The summed E-state index contributed by atoms with van der Waals surface area (Å²) in [6.45, 7) is 4.22. The van der Waals surface area contributed by atoms with Crippen LogP contribution < -0.4 is 9.47 Å². The second-order valence-corrected chi connectivity index (χ2v) is 4.32. The van der Waals surface area contributed by atoms with Gasteiger partial charge in [0.25, 0.3) is 0 Å². The average Bonchev–Trinajstić information content (AvgIpc) is 2.48. The molecule has 1 rings (SSSR count). The summed E-state index contributed by atoms with van der Waals surface area (Å²) in [6, 6.07) is 3.75. The van der Waals surface area contributed by atoms with E-state index in [1.165, 1.54) is 0 Å². The molecule has 0 fully saturated rings. The van der Waals surface area contributed by atoms with E-state index in [4.69, 9.17) is 9.47 Å². The Morgan fingerprint density at radius 2 is 1.20 bits per heavy atom. The lowest BCUT2D eigenvalue weighted by atomic mass is 10.0. The fourth-order valence-corrected chi connectivity index (χ4v) is 1.70. The van der Waals surface area contributed by atoms with Crippen molar-refractivity contribution in [3.8, 4) is 35.2 Å². The fourth-order valence-electron chi connectivity index (χ4n) is 1.70. The molecule has 2 heteroatoms. The Balaban J connectivity index is 3.34. The summed E-state index contributed by atoms with van der Waals surface area (Å²) >= 11 is 0. The molecule has 0 saturated carbocycles. The number of ether oxygens (including phenoxy) is 2. The van der Waals surface area contributed by atoms with Gasteiger partial charge in [-0.1, -0.05) is 37.5 Å². The largest absolute Gasteiger partial charge is 0.495 e. The van der Waals surface area contributed by atoms with Crippen molar-refractivity contribution < 1.29 is 9.47 Å². The molecule has 106 valence electrons. The number of unbranched alkanes of at least 4 members (excludes halogenated alkanes) is 2. The summed E-state index contributed by atoms with van der Waals surface area (Å²) in [4.78, 5) is 0. The molecule has 0 bridgehead atoms. The molecule has 0 saturated heterocycles. The number of rotatable bonds is 4. The Labute approximate surface area is 122 Å². The monoisotopic (exact) mass is 270 g/mol. The molecule has 20 heavy (non-hydrogen) atoms. The molecule has 1 aromatic carbocycles. The van der Waals surface area contributed by atoms with E-state index in [1.54, 1.807) is 14.2 Å². The lowest BCUT2D eigenvalue weighted by molar-refractivity contribution is 0.401. The number of hydrogen-bond donors (Lipinski definition) is 0. The number of methoxy groups -OCH3 is 2. The van der Waals surface area contributed by atoms with Gasteiger partial charge in [-0.05, 0) is 25.0 Å². The Bertz CT molecular complexity index is 499. The van der Waals surface area contributed by atoms with Crippen LogP contribution in [0.5, 0.6) is 11.5 Å². The number of hydrogen-bond acceptors (Lipinski definition) is 2. The summed E-state index contributed by atoms with van der Waals surface area (Å²) in [5.74, 6) is 14.2. The van der Waals surface area contributed by atoms with Gasteiger partial charge in [0.15, 0.2) is 0 Å². The Morgan fingerprint density at radius 3 is 1.50 bits per heavy atom. The van der Waals surface area contributed by atoms with Crippen LogP contribution in [-0.4, -0.2) is 14.2 Å². The summed E-state index contributed by atoms with van der Waals surface area (Å²) < 4.78 is 10.8. The molecule has 1 aromatic rings. The van der Waals surface area contributed by atoms with E-state index in [0.29, 0.717) is 0 Å². The summed E-state index contributed by atoms with van der Waals surface area (Å²) in [6.07, 6.45) is 3.80. The second-order valence-electron chi connectivity index (χ2n) is 4.32. The molecular weight excluding hydrogens is 248 g/mol. The van der Waals surface area contributed by atoms with Gasteiger partial charge in [-0.15, -0.1) is 0 Å². The van der Waals surface area contributed by atoms with Crippen molar-refractivity contribution in [1.29, 1.82) is 0 Å². The minimum absolute atomic E-state index is 0.746. The third-order valence-electron chi connectivity index (χ3n) is 2.75. The minimum atomic E-state index is 0.746. The van der Waals surface area contributed by atoms with E-state index in [9.17, 15) is 0 Å². The van der Waals surface area contributed by atoms with Crippen molar-refractivity contribution in [2.75, 3.05) is 14.2 Å². The predicted molar refractivity (Wildman–Crippen MR) is 83.1 cm³/mol. The smallest absolute Gasteiger partial charge is 0.136 e. The van der Waals surface area contributed by atoms with E-state index in [2.05, 4.69) is 37.5 Å². The lowest BCUT2D eigenvalue weighted by Crippen LogP contribution is -1.96. The quantitative estimate of drug-likeness (QED) is 0.770. The summed E-state index contributed by atoms with van der Waals surface area (Å²) in [5, 5.41) is 0. The van der Waals surface area contributed by atoms with E-state index in [-0.39, 0.29) is 0 Å². The Morgan fingerprint density at radius 1 is 0.800 bits per heavy atom. The molecule has 0 atom stereocenters. The van der Waals surface area contributed by atoms with Gasteiger partial charge in [0.05, 0.1) is 25.3 Å². The molecular formula is C18H22O2. The maximum absolute atomic E-state index is 5.40. The van der Waals surface area contributed by atoms with Crippen LogP contribution >= 0.6 is 0 Å². The second kappa shape index (κ2) is 8.94. The molecule has 0 radical (unpaired) electrons. The van der Waals surface area contributed by atoms with E-state index >= 15 is 0 Å². The highest BCUT2D eigenvalue weighted by Crippen LogP contribution is 2.29. The molecule has 2 nitrogen and oxygen atoms in total. The molecule has 0 N–H and O–H groups in total. The van der Waals surface area contributed by atoms with Gasteiger partial charge in [-0.2, -0.15) is 0 Å². The molecule has 0 aromatic heterocycles. The highest BCUT2D eigenvalue weighted by Gasteiger charge is 2.11. The molecule has 0 aliphatic heterocycles. The highest BCUT2D eigenvalue weighted by atomic mass is 16.5. The fraction of sp³-hybridized carbons (Fsp3) is 0.444. The maximum atomic E-state index is 5.40. The van der Waals surface area contributed by atoms with Gasteiger partial charge in [0, 0.05) is 12.8 Å². The Kier molecular flexibility index (Phi) is 7.15. The maximum Gasteiger partial charge on any atom is 0.136 e. The molecule has 0 heterocycles. The van der Waals surface area contributed by atoms with Gasteiger partial charge in [-0.25, -0.2) is 0 Å². The van der Waals surface area contributed by atoms with Gasteiger partial charge >= 0.3 is 0 Å². The molecule has 0 spiro atoms. The van der Waals surface area contributed by atoms with Crippen molar-refractivity contribution in [2.24, 2.45) is 0 Å². The Hall–Kier alpha value is -2.06. The normalized spacial score (nSPS) is 9.00. The molecule has 0 amide bonds. The average molecular weight is 270 g/mol. The van der Waals surface area contributed by atoms with Gasteiger partial charge in [-0.3, -0.25) is 0 Å². The summed E-state index contributed by atoms with van der Waals surface area (Å²) in [5.41, 5.74) is 1.65. The number of benzene rings is 1. The first-order valence-electron chi connectivity index (χ1n) is 7.01. The molecule has 0 aliphatic rings. The van der Waals surface area contributed by atoms with E-state index in [0.717, 1.165) is 48.3 Å². The van der Waals surface area contributed by atoms with Gasteiger partial charge < -0.3 is 9.47 Å². The van der Waals surface area contributed by atoms with Crippen molar-refractivity contribution in [1.82, 2.24) is 0 Å². The van der Waals surface area contributed by atoms with Crippen LogP contribution in [0.3, 0.4) is 0 Å². The predicted octanol–water partition coefficient (Wildman–Crippen LogP) is 4.01. The third kappa shape index (κ3) is 4.25.